The van der Waals surface area contributed by atoms with Crippen LogP contribution in [0, 0.1) is 5.41 Å². The zero-order valence-electron chi connectivity index (χ0n) is 13.4. The molecule has 1 aromatic rings. The van der Waals surface area contributed by atoms with Gasteiger partial charge in [-0.15, -0.1) is 0 Å². The molecule has 0 aliphatic carbocycles. The highest BCUT2D eigenvalue weighted by Gasteiger charge is 2.43. The number of aryl methyl sites for hydroxylation is 1. The predicted octanol–water partition coefficient (Wildman–Crippen LogP) is 0.724. The second kappa shape index (κ2) is 5.50. The first-order valence-electron chi connectivity index (χ1n) is 7.28. The first-order chi connectivity index (χ1) is 9.70. The topological polar surface area (TPSA) is 67.2 Å². The van der Waals surface area contributed by atoms with Crippen LogP contribution >= 0.6 is 0 Å². The summed E-state index contributed by atoms with van der Waals surface area (Å²) in [6, 6.07) is -0.886. The minimum absolute atomic E-state index is 0.00140. The summed E-state index contributed by atoms with van der Waals surface area (Å²) in [7, 11) is 1.86. The zero-order valence-corrected chi connectivity index (χ0v) is 13.4. The van der Waals surface area contributed by atoms with Gasteiger partial charge in [0.1, 0.15) is 12.1 Å². The molecule has 2 amide bonds. The van der Waals surface area contributed by atoms with E-state index in [1.807, 2.05) is 34.0 Å². The van der Waals surface area contributed by atoms with Crippen molar-refractivity contribution in [1.29, 1.82) is 0 Å². The van der Waals surface area contributed by atoms with E-state index in [0.717, 1.165) is 5.56 Å². The van der Waals surface area contributed by atoms with Gasteiger partial charge < -0.3 is 10.2 Å². The predicted molar refractivity (Wildman–Crippen MR) is 79.5 cm³/mol. The number of carbonyl (C=O) groups excluding carboxylic acids is 2. The second-order valence-corrected chi connectivity index (χ2v) is 6.79. The van der Waals surface area contributed by atoms with Crippen molar-refractivity contribution in [2.75, 3.05) is 6.54 Å². The maximum Gasteiger partial charge on any atom is 0.246 e. The van der Waals surface area contributed by atoms with E-state index >= 15 is 0 Å². The Hall–Kier alpha value is -1.85. The molecule has 2 heterocycles. The smallest absolute Gasteiger partial charge is 0.246 e. The quantitative estimate of drug-likeness (QED) is 0.893. The molecule has 0 saturated carbocycles. The number of amides is 2. The maximum atomic E-state index is 12.6. The third kappa shape index (κ3) is 3.25. The van der Waals surface area contributed by atoms with Gasteiger partial charge >= 0.3 is 0 Å². The van der Waals surface area contributed by atoms with Crippen LogP contribution in [0.15, 0.2) is 12.4 Å². The average Bonchev–Trinajstić information content (AvgIpc) is 2.78. The van der Waals surface area contributed by atoms with Crippen LogP contribution in [0.25, 0.3) is 0 Å². The van der Waals surface area contributed by atoms with E-state index in [9.17, 15) is 9.59 Å². The summed E-state index contributed by atoms with van der Waals surface area (Å²) in [5.41, 5.74) is 0.773. The molecule has 1 aliphatic rings. The van der Waals surface area contributed by atoms with Crippen LogP contribution in [0.4, 0.5) is 0 Å². The average molecular weight is 292 g/mol. The van der Waals surface area contributed by atoms with E-state index in [1.165, 1.54) is 0 Å². The molecule has 6 heteroatoms. The van der Waals surface area contributed by atoms with Crippen LogP contribution in [0.1, 0.15) is 33.3 Å². The van der Waals surface area contributed by atoms with Crippen molar-refractivity contribution in [3.8, 4) is 0 Å². The lowest BCUT2D eigenvalue weighted by Gasteiger charge is -2.42. The van der Waals surface area contributed by atoms with Crippen LogP contribution in [0.2, 0.25) is 0 Å². The first-order valence-corrected chi connectivity index (χ1v) is 7.28. The number of rotatable bonds is 3. The zero-order chi connectivity index (χ0) is 15.8. The Bertz CT molecular complexity index is 544. The molecule has 0 radical (unpaired) electrons. The SMILES string of the molecule is CC1C(=O)NC(C(C)(C)C)C(=O)N1CCc1cnn(C)c1. The molecule has 21 heavy (non-hydrogen) atoms. The van der Waals surface area contributed by atoms with E-state index in [0.29, 0.717) is 13.0 Å². The molecule has 0 aromatic carbocycles. The lowest BCUT2D eigenvalue weighted by Crippen LogP contribution is -2.66. The number of piperazine rings is 1. The molecule has 6 nitrogen and oxygen atoms in total. The van der Waals surface area contributed by atoms with Crippen molar-refractivity contribution in [3.63, 3.8) is 0 Å². The fourth-order valence-corrected chi connectivity index (χ4v) is 2.56. The molecule has 2 rings (SSSR count). The van der Waals surface area contributed by atoms with E-state index in [1.54, 1.807) is 22.7 Å². The summed E-state index contributed by atoms with van der Waals surface area (Å²) in [4.78, 5) is 26.4. The summed E-state index contributed by atoms with van der Waals surface area (Å²) in [5.74, 6) is -0.0841. The van der Waals surface area contributed by atoms with Gasteiger partial charge in [0.2, 0.25) is 11.8 Å². The minimum atomic E-state index is -0.463. The van der Waals surface area contributed by atoms with Crippen LogP contribution in [-0.2, 0) is 23.1 Å². The van der Waals surface area contributed by atoms with E-state index in [-0.39, 0.29) is 17.2 Å². The lowest BCUT2D eigenvalue weighted by molar-refractivity contribution is -0.151. The van der Waals surface area contributed by atoms with E-state index in [4.69, 9.17) is 0 Å². The molecule has 2 unspecified atom stereocenters. The molecule has 1 saturated heterocycles. The van der Waals surface area contributed by atoms with Crippen molar-refractivity contribution in [2.45, 2.75) is 46.2 Å². The Morgan fingerprint density at radius 3 is 2.52 bits per heavy atom. The monoisotopic (exact) mass is 292 g/mol. The largest absolute Gasteiger partial charge is 0.342 e. The molecule has 0 bridgehead atoms. The molecule has 0 spiro atoms. The van der Waals surface area contributed by atoms with Crippen molar-refractivity contribution in [2.24, 2.45) is 12.5 Å². The number of carbonyl (C=O) groups is 2. The third-order valence-corrected chi connectivity index (χ3v) is 3.93. The fraction of sp³-hybridized carbons (Fsp3) is 0.667. The molecule has 2 atom stereocenters. The third-order valence-electron chi connectivity index (χ3n) is 3.93. The summed E-state index contributed by atoms with van der Waals surface area (Å²) >= 11 is 0. The molecule has 1 fully saturated rings. The molecule has 1 N–H and O–H groups in total. The maximum absolute atomic E-state index is 12.6. The highest BCUT2D eigenvalue weighted by atomic mass is 16.2. The number of nitrogens with zero attached hydrogens (tertiary/aromatic N) is 3. The van der Waals surface area contributed by atoms with Crippen molar-refractivity contribution in [1.82, 2.24) is 20.0 Å². The highest BCUT2D eigenvalue weighted by Crippen LogP contribution is 2.25. The van der Waals surface area contributed by atoms with Gasteiger partial charge in [-0.3, -0.25) is 14.3 Å². The number of aromatic nitrogens is 2. The van der Waals surface area contributed by atoms with Gasteiger partial charge in [-0.25, -0.2) is 0 Å². The molecular formula is C15H24N4O2. The summed E-state index contributed by atoms with van der Waals surface area (Å²) in [5, 5.41) is 6.96. The Morgan fingerprint density at radius 2 is 2.00 bits per heavy atom. The van der Waals surface area contributed by atoms with Gasteiger partial charge in [-0.2, -0.15) is 5.10 Å². The Morgan fingerprint density at radius 1 is 1.33 bits per heavy atom. The van der Waals surface area contributed by atoms with Gasteiger partial charge in [-0.1, -0.05) is 20.8 Å². The minimum Gasteiger partial charge on any atom is -0.342 e. The van der Waals surface area contributed by atoms with Crippen LogP contribution in [0.3, 0.4) is 0 Å². The number of nitrogens with one attached hydrogen (secondary N) is 1. The van der Waals surface area contributed by atoms with E-state index < -0.39 is 12.1 Å². The standard InChI is InChI=1S/C15H24N4O2/c1-10-13(20)17-12(15(2,3)4)14(21)19(10)7-6-11-8-16-18(5)9-11/h8-10,12H,6-7H2,1-5H3,(H,17,20). The van der Waals surface area contributed by atoms with E-state index in [2.05, 4.69) is 10.4 Å². The van der Waals surface area contributed by atoms with Gasteiger partial charge in [0.15, 0.2) is 0 Å². The Labute approximate surface area is 125 Å². The van der Waals surface area contributed by atoms with Crippen LogP contribution < -0.4 is 5.32 Å². The summed E-state index contributed by atoms with van der Waals surface area (Å²) in [6.45, 7) is 8.20. The van der Waals surface area contributed by atoms with Crippen LogP contribution in [0.5, 0.6) is 0 Å². The van der Waals surface area contributed by atoms with Crippen molar-refractivity contribution < 1.29 is 9.59 Å². The van der Waals surface area contributed by atoms with Crippen molar-refractivity contribution >= 4 is 11.8 Å². The molecule has 1 aromatic heterocycles. The summed E-state index contributed by atoms with van der Waals surface area (Å²) in [6.07, 6.45) is 4.43. The van der Waals surface area contributed by atoms with Gasteiger partial charge in [0, 0.05) is 19.8 Å². The molecular weight excluding hydrogens is 268 g/mol. The Kier molecular flexibility index (Phi) is 4.07. The van der Waals surface area contributed by atoms with Gasteiger partial charge in [0.05, 0.1) is 6.20 Å². The van der Waals surface area contributed by atoms with Crippen molar-refractivity contribution in [3.05, 3.63) is 18.0 Å². The van der Waals surface area contributed by atoms with Gasteiger partial charge in [-0.05, 0) is 24.3 Å². The van der Waals surface area contributed by atoms with Crippen LogP contribution in [-0.4, -0.2) is 45.1 Å². The fourth-order valence-electron chi connectivity index (χ4n) is 2.56. The normalized spacial score (nSPS) is 23.4. The summed E-state index contributed by atoms with van der Waals surface area (Å²) < 4.78 is 1.74. The molecule has 116 valence electrons. The second-order valence-electron chi connectivity index (χ2n) is 6.79. The Balaban J connectivity index is 2.11. The van der Waals surface area contributed by atoms with Gasteiger partial charge in [0.25, 0.3) is 0 Å². The number of hydrogen-bond donors (Lipinski definition) is 1. The first kappa shape index (κ1) is 15.5. The highest BCUT2D eigenvalue weighted by molar-refractivity contribution is 5.97. The number of hydrogen-bond acceptors (Lipinski definition) is 3. The lowest BCUT2D eigenvalue weighted by atomic mass is 9.84. The molecule has 1 aliphatic heterocycles.